The Kier molecular flexibility index (Phi) is 5.14. The summed E-state index contributed by atoms with van der Waals surface area (Å²) in [5.74, 6) is -0.0896. The van der Waals surface area contributed by atoms with E-state index in [0.717, 1.165) is 37.1 Å². The van der Waals surface area contributed by atoms with Crippen molar-refractivity contribution in [2.24, 2.45) is 0 Å². The summed E-state index contributed by atoms with van der Waals surface area (Å²) in [6, 6.07) is 29.5. The van der Waals surface area contributed by atoms with Crippen LogP contribution in [0, 0.1) is 0 Å². The van der Waals surface area contributed by atoms with Crippen LogP contribution in [-0.4, -0.2) is 10.8 Å². The average Bonchev–Trinajstić information content (AvgIpc) is 3.16. The number of ketones is 1. The second-order valence-electron chi connectivity index (χ2n) is 7.15. The standard InChI is InChI=1S/C26H17BrN2OS/c27-19-13-11-18(12-14-19)24(30)25-23(28)22-20(16-7-3-1-4-8-16)15-21(29-26(22)31-25)17-9-5-2-6-10-17/h1-15H,28H2. The number of nitrogens with two attached hydrogens (primary N) is 1. The van der Waals surface area contributed by atoms with Gasteiger partial charge in [0, 0.05) is 21.0 Å². The number of carbonyl (C=O) groups is 1. The van der Waals surface area contributed by atoms with Crippen LogP contribution in [0.3, 0.4) is 0 Å². The highest BCUT2D eigenvalue weighted by Gasteiger charge is 2.22. The fraction of sp³-hybridized carbons (Fsp3) is 0. The van der Waals surface area contributed by atoms with Crippen LogP contribution < -0.4 is 5.73 Å². The molecule has 3 aromatic carbocycles. The minimum Gasteiger partial charge on any atom is -0.397 e. The largest absolute Gasteiger partial charge is 0.397 e. The van der Waals surface area contributed by atoms with Crippen molar-refractivity contribution in [3.05, 3.63) is 106 Å². The fourth-order valence-corrected chi connectivity index (χ4v) is 4.97. The first-order valence-corrected chi connectivity index (χ1v) is 11.4. The van der Waals surface area contributed by atoms with Crippen molar-refractivity contribution in [2.45, 2.75) is 0 Å². The van der Waals surface area contributed by atoms with Gasteiger partial charge in [-0.2, -0.15) is 0 Å². The second kappa shape index (κ2) is 8.10. The predicted octanol–water partition coefficient (Wildman–Crippen LogP) is 7.21. The number of rotatable bonds is 4. The molecule has 0 aliphatic heterocycles. The Morgan fingerprint density at radius 2 is 1.45 bits per heavy atom. The van der Waals surface area contributed by atoms with Gasteiger partial charge in [0.1, 0.15) is 9.71 Å². The molecule has 150 valence electrons. The van der Waals surface area contributed by atoms with Gasteiger partial charge in [-0.25, -0.2) is 4.98 Å². The number of pyridine rings is 1. The number of fused-ring (bicyclic) bond motifs is 1. The third-order valence-corrected chi connectivity index (χ3v) is 6.79. The Balaban J connectivity index is 1.75. The minimum atomic E-state index is -0.0896. The molecule has 3 nitrogen and oxygen atoms in total. The van der Waals surface area contributed by atoms with Gasteiger partial charge in [0.05, 0.1) is 11.4 Å². The SMILES string of the molecule is Nc1c(C(=O)c2ccc(Br)cc2)sc2nc(-c3ccccc3)cc(-c3ccccc3)c12. The summed E-state index contributed by atoms with van der Waals surface area (Å²) < 4.78 is 0.925. The zero-order valence-electron chi connectivity index (χ0n) is 16.4. The molecule has 31 heavy (non-hydrogen) atoms. The van der Waals surface area contributed by atoms with Crippen LogP contribution in [0.1, 0.15) is 15.2 Å². The summed E-state index contributed by atoms with van der Waals surface area (Å²) in [5.41, 5.74) is 11.6. The molecule has 5 heteroatoms. The third-order valence-electron chi connectivity index (χ3n) is 5.17. The van der Waals surface area contributed by atoms with Crippen molar-refractivity contribution in [3.8, 4) is 22.4 Å². The summed E-state index contributed by atoms with van der Waals surface area (Å²) in [5, 5.41) is 0.830. The quantitative estimate of drug-likeness (QED) is 0.274. The van der Waals surface area contributed by atoms with Crippen LogP contribution in [0.2, 0.25) is 0 Å². The maximum absolute atomic E-state index is 13.2. The lowest BCUT2D eigenvalue weighted by molar-refractivity contribution is 0.104. The molecule has 0 unspecified atom stereocenters. The Labute approximate surface area is 192 Å². The van der Waals surface area contributed by atoms with Crippen molar-refractivity contribution >= 4 is 49.0 Å². The molecule has 0 radical (unpaired) electrons. The number of thiophene rings is 1. The first-order chi connectivity index (χ1) is 15.1. The molecule has 0 spiro atoms. The summed E-state index contributed by atoms with van der Waals surface area (Å²) in [6.07, 6.45) is 0. The van der Waals surface area contributed by atoms with Crippen LogP contribution in [-0.2, 0) is 0 Å². The number of hydrogen-bond donors (Lipinski definition) is 1. The van der Waals surface area contributed by atoms with Crippen molar-refractivity contribution in [1.29, 1.82) is 0 Å². The molecular weight excluding hydrogens is 468 g/mol. The van der Waals surface area contributed by atoms with E-state index in [-0.39, 0.29) is 5.78 Å². The van der Waals surface area contributed by atoms with Gasteiger partial charge in [0.2, 0.25) is 5.78 Å². The topological polar surface area (TPSA) is 56.0 Å². The maximum Gasteiger partial charge on any atom is 0.205 e. The van der Waals surface area contributed by atoms with Crippen molar-refractivity contribution in [2.75, 3.05) is 5.73 Å². The zero-order chi connectivity index (χ0) is 21.4. The van der Waals surface area contributed by atoms with E-state index in [2.05, 4.69) is 34.1 Å². The molecule has 0 aliphatic rings. The summed E-state index contributed by atoms with van der Waals surface area (Å²) >= 11 is 4.77. The first kappa shape index (κ1) is 19.7. The number of hydrogen-bond acceptors (Lipinski definition) is 4. The highest BCUT2D eigenvalue weighted by atomic mass is 79.9. The number of aromatic nitrogens is 1. The number of benzene rings is 3. The second-order valence-corrected chi connectivity index (χ2v) is 9.06. The maximum atomic E-state index is 13.2. The van der Waals surface area contributed by atoms with Gasteiger partial charge in [-0.15, -0.1) is 11.3 Å². The van der Waals surface area contributed by atoms with Gasteiger partial charge in [-0.05, 0) is 41.5 Å². The zero-order valence-corrected chi connectivity index (χ0v) is 18.8. The van der Waals surface area contributed by atoms with E-state index in [1.807, 2.05) is 60.7 Å². The summed E-state index contributed by atoms with van der Waals surface area (Å²) in [6.45, 7) is 0. The van der Waals surface area contributed by atoms with E-state index in [9.17, 15) is 4.79 Å². The highest BCUT2D eigenvalue weighted by molar-refractivity contribution is 9.10. The Morgan fingerprint density at radius 1 is 0.839 bits per heavy atom. The molecule has 0 saturated carbocycles. The van der Waals surface area contributed by atoms with Crippen molar-refractivity contribution in [1.82, 2.24) is 4.98 Å². The van der Waals surface area contributed by atoms with Crippen LogP contribution >= 0.6 is 27.3 Å². The molecule has 5 aromatic rings. The van der Waals surface area contributed by atoms with Crippen LogP contribution in [0.25, 0.3) is 32.6 Å². The predicted molar refractivity (Wildman–Crippen MR) is 132 cm³/mol. The molecule has 2 heterocycles. The molecular formula is C26H17BrN2OS. The number of nitrogens with zero attached hydrogens (tertiary/aromatic N) is 1. The van der Waals surface area contributed by atoms with Gasteiger partial charge in [-0.1, -0.05) is 76.6 Å². The molecule has 0 amide bonds. The van der Waals surface area contributed by atoms with E-state index >= 15 is 0 Å². The van der Waals surface area contributed by atoms with Gasteiger partial charge in [-0.3, -0.25) is 4.79 Å². The van der Waals surface area contributed by atoms with E-state index < -0.39 is 0 Å². The smallest absolute Gasteiger partial charge is 0.205 e. The number of carbonyl (C=O) groups excluding carboxylic acids is 1. The third kappa shape index (κ3) is 3.67. The molecule has 2 aromatic heterocycles. The summed E-state index contributed by atoms with van der Waals surface area (Å²) in [7, 11) is 0. The number of nitrogen functional groups attached to an aromatic ring is 1. The first-order valence-electron chi connectivity index (χ1n) is 9.76. The van der Waals surface area contributed by atoms with Crippen molar-refractivity contribution < 1.29 is 4.79 Å². The van der Waals surface area contributed by atoms with Crippen LogP contribution in [0.5, 0.6) is 0 Å². The average molecular weight is 485 g/mol. The number of halogens is 1. The Hall–Kier alpha value is -3.28. The molecule has 5 rings (SSSR count). The molecule has 0 bridgehead atoms. The highest BCUT2D eigenvalue weighted by Crippen LogP contribution is 2.42. The van der Waals surface area contributed by atoms with Crippen LogP contribution in [0.15, 0.2) is 95.5 Å². The molecule has 0 fully saturated rings. The molecule has 0 atom stereocenters. The van der Waals surface area contributed by atoms with E-state index in [1.165, 1.54) is 11.3 Å². The Morgan fingerprint density at radius 3 is 2.10 bits per heavy atom. The lowest BCUT2D eigenvalue weighted by Gasteiger charge is -2.09. The van der Waals surface area contributed by atoms with E-state index in [4.69, 9.17) is 10.7 Å². The van der Waals surface area contributed by atoms with Gasteiger partial charge >= 0.3 is 0 Å². The summed E-state index contributed by atoms with van der Waals surface area (Å²) in [4.78, 5) is 19.4. The van der Waals surface area contributed by atoms with Crippen LogP contribution in [0.4, 0.5) is 5.69 Å². The Bertz CT molecular complexity index is 1390. The monoisotopic (exact) mass is 484 g/mol. The molecule has 2 N–H and O–H groups in total. The normalized spacial score (nSPS) is 11.0. The van der Waals surface area contributed by atoms with Gasteiger partial charge in [0.15, 0.2) is 0 Å². The van der Waals surface area contributed by atoms with Gasteiger partial charge < -0.3 is 5.73 Å². The number of anilines is 1. The van der Waals surface area contributed by atoms with E-state index in [1.54, 1.807) is 12.1 Å². The van der Waals surface area contributed by atoms with E-state index in [0.29, 0.717) is 16.1 Å². The fourth-order valence-electron chi connectivity index (χ4n) is 3.62. The van der Waals surface area contributed by atoms with Gasteiger partial charge in [0.25, 0.3) is 0 Å². The lowest BCUT2D eigenvalue weighted by atomic mass is 9.99. The minimum absolute atomic E-state index is 0.0896. The molecule has 0 aliphatic carbocycles. The van der Waals surface area contributed by atoms with Crippen molar-refractivity contribution in [3.63, 3.8) is 0 Å². The molecule has 0 saturated heterocycles. The lowest BCUT2D eigenvalue weighted by Crippen LogP contribution is -2.02.